The Labute approximate surface area is 108 Å². The number of nitrogens with zero attached hydrogens (tertiary/aromatic N) is 1. The molecule has 4 heteroatoms. The monoisotopic (exact) mass is 253 g/mol. The van der Waals surface area contributed by atoms with Crippen molar-refractivity contribution in [2.24, 2.45) is 17.8 Å². The van der Waals surface area contributed by atoms with E-state index in [9.17, 15) is 9.59 Å². The average Bonchev–Trinajstić information content (AvgIpc) is 2.39. The number of likely N-dealkylation sites (tertiary alicyclic amines) is 1. The van der Waals surface area contributed by atoms with Crippen LogP contribution in [0.2, 0.25) is 0 Å². The molecule has 1 aliphatic heterocycles. The van der Waals surface area contributed by atoms with Crippen molar-refractivity contribution in [3.63, 3.8) is 0 Å². The highest BCUT2D eigenvalue weighted by Gasteiger charge is 2.34. The van der Waals surface area contributed by atoms with Crippen molar-refractivity contribution >= 4 is 11.9 Å². The van der Waals surface area contributed by atoms with Gasteiger partial charge in [0.25, 0.3) is 0 Å². The van der Waals surface area contributed by atoms with Crippen LogP contribution in [0.15, 0.2) is 0 Å². The molecule has 2 aliphatic rings. The number of carbonyl (C=O) groups excluding carboxylic acids is 1. The molecule has 0 aromatic heterocycles. The molecule has 18 heavy (non-hydrogen) atoms. The minimum absolute atomic E-state index is 0.0479. The summed E-state index contributed by atoms with van der Waals surface area (Å²) in [7, 11) is 0. The second-order valence-electron chi connectivity index (χ2n) is 5.91. The third-order valence-corrected chi connectivity index (χ3v) is 4.47. The van der Waals surface area contributed by atoms with Crippen LogP contribution in [0.25, 0.3) is 0 Å². The molecular weight excluding hydrogens is 230 g/mol. The molecule has 2 rings (SSSR count). The highest BCUT2D eigenvalue weighted by molar-refractivity contribution is 5.80. The second kappa shape index (κ2) is 5.72. The Morgan fingerprint density at radius 3 is 2.28 bits per heavy atom. The van der Waals surface area contributed by atoms with E-state index in [1.165, 1.54) is 0 Å². The van der Waals surface area contributed by atoms with Crippen LogP contribution in [0, 0.1) is 17.8 Å². The first-order chi connectivity index (χ1) is 8.58. The molecule has 1 saturated heterocycles. The molecule has 2 unspecified atom stereocenters. The Hall–Kier alpha value is -1.06. The lowest BCUT2D eigenvalue weighted by atomic mass is 9.80. The fourth-order valence-corrected chi connectivity index (χ4v) is 3.13. The number of carboxylic acid groups (broad SMARTS) is 1. The number of hydrogen-bond donors (Lipinski definition) is 1. The molecule has 0 bridgehead atoms. The van der Waals surface area contributed by atoms with E-state index < -0.39 is 5.97 Å². The van der Waals surface area contributed by atoms with Gasteiger partial charge in [0.1, 0.15) is 0 Å². The van der Waals surface area contributed by atoms with Gasteiger partial charge in [-0.1, -0.05) is 13.3 Å². The predicted octanol–water partition coefficient (Wildman–Crippen LogP) is 2.14. The van der Waals surface area contributed by atoms with E-state index in [2.05, 4.69) is 6.92 Å². The fourth-order valence-electron chi connectivity index (χ4n) is 3.13. The third-order valence-electron chi connectivity index (χ3n) is 4.47. The molecule has 4 nitrogen and oxygen atoms in total. The first-order valence-electron chi connectivity index (χ1n) is 7.09. The number of aliphatic carboxylic acids is 1. The van der Waals surface area contributed by atoms with Gasteiger partial charge in [0, 0.05) is 19.0 Å². The van der Waals surface area contributed by atoms with Gasteiger partial charge in [-0.2, -0.15) is 0 Å². The van der Waals surface area contributed by atoms with Crippen LogP contribution >= 0.6 is 0 Å². The number of carboxylic acids is 1. The normalized spacial score (nSPS) is 30.2. The molecule has 0 radical (unpaired) electrons. The molecule has 0 aromatic carbocycles. The summed E-state index contributed by atoms with van der Waals surface area (Å²) in [4.78, 5) is 25.3. The molecule has 0 aromatic rings. The van der Waals surface area contributed by atoms with Crippen molar-refractivity contribution in [3.05, 3.63) is 0 Å². The SMILES string of the molecule is CC1CCN(C(=O)C2CCCC(C(=O)O)C2)CC1. The largest absolute Gasteiger partial charge is 0.481 e. The molecule has 1 heterocycles. The molecule has 1 aliphatic carbocycles. The Kier molecular flexibility index (Phi) is 4.25. The smallest absolute Gasteiger partial charge is 0.306 e. The molecule has 0 spiro atoms. The van der Waals surface area contributed by atoms with Gasteiger partial charge in [0.15, 0.2) is 0 Å². The van der Waals surface area contributed by atoms with Crippen molar-refractivity contribution in [2.45, 2.75) is 45.4 Å². The molecule has 2 atom stereocenters. The zero-order valence-corrected chi connectivity index (χ0v) is 11.1. The first kappa shape index (κ1) is 13.4. The van der Waals surface area contributed by atoms with Crippen molar-refractivity contribution in [1.29, 1.82) is 0 Å². The highest BCUT2D eigenvalue weighted by atomic mass is 16.4. The maximum absolute atomic E-state index is 12.4. The number of rotatable bonds is 2. The predicted molar refractivity (Wildman–Crippen MR) is 68.1 cm³/mol. The Bertz CT molecular complexity index is 321. The van der Waals surface area contributed by atoms with Crippen molar-refractivity contribution in [2.75, 3.05) is 13.1 Å². The Morgan fingerprint density at radius 2 is 1.67 bits per heavy atom. The van der Waals surface area contributed by atoms with E-state index in [0.29, 0.717) is 12.3 Å². The van der Waals surface area contributed by atoms with E-state index >= 15 is 0 Å². The van der Waals surface area contributed by atoms with Crippen LogP contribution in [0.3, 0.4) is 0 Å². The van der Waals surface area contributed by atoms with Crippen LogP contribution in [0.5, 0.6) is 0 Å². The quantitative estimate of drug-likeness (QED) is 0.820. The topological polar surface area (TPSA) is 57.6 Å². The lowest BCUT2D eigenvalue weighted by Gasteiger charge is -2.35. The van der Waals surface area contributed by atoms with Crippen LogP contribution in [-0.4, -0.2) is 35.0 Å². The second-order valence-corrected chi connectivity index (χ2v) is 5.91. The minimum atomic E-state index is -0.736. The van der Waals surface area contributed by atoms with E-state index in [1.54, 1.807) is 0 Å². The molecular formula is C14H23NO3. The summed E-state index contributed by atoms with van der Waals surface area (Å²) in [6, 6.07) is 0. The first-order valence-corrected chi connectivity index (χ1v) is 7.09. The molecule has 1 N–H and O–H groups in total. The van der Waals surface area contributed by atoms with Gasteiger partial charge >= 0.3 is 5.97 Å². The summed E-state index contributed by atoms with van der Waals surface area (Å²) in [6.07, 6.45) is 5.18. The van der Waals surface area contributed by atoms with Crippen molar-refractivity contribution in [1.82, 2.24) is 4.90 Å². The van der Waals surface area contributed by atoms with Gasteiger partial charge in [-0.3, -0.25) is 9.59 Å². The van der Waals surface area contributed by atoms with Gasteiger partial charge < -0.3 is 10.0 Å². The molecule has 2 fully saturated rings. The zero-order valence-electron chi connectivity index (χ0n) is 11.1. The molecule has 1 saturated carbocycles. The van der Waals surface area contributed by atoms with Gasteiger partial charge in [0.05, 0.1) is 5.92 Å². The summed E-state index contributed by atoms with van der Waals surface area (Å²) in [6.45, 7) is 3.94. The van der Waals surface area contributed by atoms with E-state index in [-0.39, 0.29) is 17.7 Å². The Balaban J connectivity index is 1.90. The number of piperidine rings is 1. The minimum Gasteiger partial charge on any atom is -0.481 e. The highest BCUT2D eigenvalue weighted by Crippen LogP contribution is 2.31. The Morgan fingerprint density at radius 1 is 1.06 bits per heavy atom. The van der Waals surface area contributed by atoms with Gasteiger partial charge in [-0.25, -0.2) is 0 Å². The summed E-state index contributed by atoms with van der Waals surface area (Å²) in [5.41, 5.74) is 0. The molecule has 1 amide bonds. The van der Waals surface area contributed by atoms with Crippen LogP contribution in [0.1, 0.15) is 45.4 Å². The van der Waals surface area contributed by atoms with Crippen LogP contribution in [-0.2, 0) is 9.59 Å². The number of hydrogen-bond acceptors (Lipinski definition) is 2. The van der Waals surface area contributed by atoms with Crippen LogP contribution in [0.4, 0.5) is 0 Å². The number of amides is 1. The average molecular weight is 253 g/mol. The third kappa shape index (κ3) is 3.03. The van der Waals surface area contributed by atoms with Gasteiger partial charge in [-0.05, 0) is 38.0 Å². The molecule has 102 valence electrons. The zero-order chi connectivity index (χ0) is 13.1. The van der Waals surface area contributed by atoms with Crippen molar-refractivity contribution in [3.8, 4) is 0 Å². The summed E-state index contributed by atoms with van der Waals surface area (Å²) in [5, 5.41) is 9.06. The summed E-state index contributed by atoms with van der Waals surface area (Å²) in [5.74, 6) is -0.176. The van der Waals surface area contributed by atoms with Crippen molar-refractivity contribution < 1.29 is 14.7 Å². The van der Waals surface area contributed by atoms with E-state index in [0.717, 1.165) is 45.2 Å². The summed E-state index contributed by atoms with van der Waals surface area (Å²) < 4.78 is 0. The standard InChI is InChI=1S/C14H23NO3/c1-10-5-7-15(8-6-10)13(16)11-3-2-4-12(9-11)14(17)18/h10-12H,2-9H2,1H3,(H,17,18). The lowest BCUT2D eigenvalue weighted by molar-refractivity contribution is -0.145. The van der Waals surface area contributed by atoms with Gasteiger partial charge in [0.2, 0.25) is 5.91 Å². The van der Waals surface area contributed by atoms with Gasteiger partial charge in [-0.15, -0.1) is 0 Å². The maximum Gasteiger partial charge on any atom is 0.306 e. The fraction of sp³-hybridized carbons (Fsp3) is 0.857. The number of carbonyl (C=O) groups is 2. The van der Waals surface area contributed by atoms with Crippen LogP contribution < -0.4 is 0 Å². The maximum atomic E-state index is 12.4. The van der Waals surface area contributed by atoms with E-state index in [1.807, 2.05) is 4.90 Å². The van der Waals surface area contributed by atoms with E-state index in [4.69, 9.17) is 5.11 Å². The summed E-state index contributed by atoms with van der Waals surface area (Å²) >= 11 is 0. The lowest BCUT2D eigenvalue weighted by Crippen LogP contribution is -2.43.